The van der Waals surface area contributed by atoms with Gasteiger partial charge in [-0.2, -0.15) is 0 Å². The van der Waals surface area contributed by atoms with E-state index in [-0.39, 0.29) is 17.7 Å². The minimum Gasteiger partial charge on any atom is -0.469 e. The van der Waals surface area contributed by atoms with Crippen LogP contribution in [0.25, 0.3) is 0 Å². The molecule has 1 aromatic rings. The second-order valence-electron chi connectivity index (χ2n) is 3.41. The van der Waals surface area contributed by atoms with E-state index in [2.05, 4.69) is 4.74 Å². The quantitative estimate of drug-likeness (QED) is 0.636. The van der Waals surface area contributed by atoms with Gasteiger partial charge in [0.05, 0.1) is 13.5 Å². The number of carbonyl (C=O) groups excluding carboxylic acids is 1. The van der Waals surface area contributed by atoms with Crippen LogP contribution in [0.1, 0.15) is 18.4 Å². The number of rotatable bonds is 4. The molecule has 1 rings (SSSR count). The predicted octanol–water partition coefficient (Wildman–Crippen LogP) is 2.31. The van der Waals surface area contributed by atoms with Crippen LogP contribution in [0, 0.1) is 0 Å². The number of hydrogen-bond acceptors (Lipinski definition) is 3. The zero-order valence-electron chi connectivity index (χ0n) is 8.87. The van der Waals surface area contributed by atoms with Gasteiger partial charge in [-0.15, -0.1) is 0 Å². The van der Waals surface area contributed by atoms with Gasteiger partial charge in [0.2, 0.25) is 0 Å². The highest BCUT2D eigenvalue weighted by Crippen LogP contribution is 2.33. The number of nitrogens with two attached hydrogens (primary N) is 1. The number of nitrogen functional groups attached to an aromatic ring is 1. The highest BCUT2D eigenvalue weighted by Gasteiger charge is 2.32. The molecule has 0 spiro atoms. The summed E-state index contributed by atoms with van der Waals surface area (Å²) in [6, 6.07) is 5.47. The van der Waals surface area contributed by atoms with Crippen molar-refractivity contribution in [1.82, 2.24) is 0 Å². The lowest BCUT2D eigenvalue weighted by molar-refractivity contribution is -0.143. The summed E-state index contributed by atoms with van der Waals surface area (Å²) in [5, 5.41) is 0. The zero-order valence-corrected chi connectivity index (χ0v) is 8.87. The Labute approximate surface area is 92.2 Å². The number of alkyl halides is 2. The van der Waals surface area contributed by atoms with Gasteiger partial charge in [-0.1, -0.05) is 12.1 Å². The van der Waals surface area contributed by atoms with Crippen molar-refractivity contribution < 1.29 is 18.3 Å². The van der Waals surface area contributed by atoms with Crippen molar-refractivity contribution >= 4 is 11.7 Å². The summed E-state index contributed by atoms with van der Waals surface area (Å²) in [6.07, 6.45) is -0.901. The van der Waals surface area contributed by atoms with E-state index in [4.69, 9.17) is 5.73 Å². The maximum Gasteiger partial charge on any atom is 0.305 e. The number of hydrogen-bond donors (Lipinski definition) is 1. The van der Waals surface area contributed by atoms with Gasteiger partial charge in [-0.05, 0) is 12.1 Å². The maximum atomic E-state index is 13.6. The number of carbonyl (C=O) groups is 1. The summed E-state index contributed by atoms with van der Waals surface area (Å²) < 4.78 is 31.4. The molecular weight excluding hydrogens is 216 g/mol. The molecule has 2 N–H and O–H groups in total. The second kappa shape index (κ2) is 4.92. The summed E-state index contributed by atoms with van der Waals surface area (Å²) in [6.45, 7) is 0. The lowest BCUT2D eigenvalue weighted by Crippen LogP contribution is -2.16. The molecule has 0 saturated carbocycles. The predicted molar refractivity (Wildman–Crippen MR) is 56.0 cm³/mol. The van der Waals surface area contributed by atoms with Crippen molar-refractivity contribution in [2.24, 2.45) is 0 Å². The van der Waals surface area contributed by atoms with E-state index >= 15 is 0 Å². The van der Waals surface area contributed by atoms with E-state index in [0.717, 1.165) is 0 Å². The Morgan fingerprint density at radius 2 is 2.19 bits per heavy atom. The molecule has 3 nitrogen and oxygen atoms in total. The van der Waals surface area contributed by atoms with Crippen molar-refractivity contribution in [3.05, 3.63) is 29.8 Å². The van der Waals surface area contributed by atoms with Crippen LogP contribution in [-0.4, -0.2) is 13.1 Å². The highest BCUT2D eigenvalue weighted by atomic mass is 19.3. The molecular formula is C11H13F2NO2. The first-order valence-electron chi connectivity index (χ1n) is 4.76. The molecule has 0 saturated heterocycles. The minimum absolute atomic E-state index is 0.184. The van der Waals surface area contributed by atoms with Gasteiger partial charge in [0.25, 0.3) is 5.92 Å². The molecule has 0 amide bonds. The van der Waals surface area contributed by atoms with E-state index in [0.29, 0.717) is 0 Å². The van der Waals surface area contributed by atoms with Crippen LogP contribution in [0.2, 0.25) is 0 Å². The van der Waals surface area contributed by atoms with Crippen LogP contribution in [0.15, 0.2) is 24.3 Å². The summed E-state index contributed by atoms with van der Waals surface area (Å²) in [4.78, 5) is 10.8. The fourth-order valence-corrected chi connectivity index (χ4v) is 1.27. The smallest absolute Gasteiger partial charge is 0.305 e. The summed E-state index contributed by atoms with van der Waals surface area (Å²) in [7, 11) is 1.17. The Bertz CT molecular complexity index is 380. The largest absolute Gasteiger partial charge is 0.469 e. The average Bonchev–Trinajstić information content (AvgIpc) is 2.26. The second-order valence-corrected chi connectivity index (χ2v) is 3.41. The topological polar surface area (TPSA) is 52.3 Å². The normalized spacial score (nSPS) is 11.2. The molecule has 1 aromatic carbocycles. The highest BCUT2D eigenvalue weighted by molar-refractivity contribution is 5.69. The Hall–Kier alpha value is -1.65. The first-order chi connectivity index (χ1) is 7.45. The van der Waals surface area contributed by atoms with Crippen LogP contribution in [0.4, 0.5) is 14.5 Å². The summed E-state index contributed by atoms with van der Waals surface area (Å²) in [5.74, 6) is -3.72. The van der Waals surface area contributed by atoms with E-state index in [1.54, 1.807) is 0 Å². The van der Waals surface area contributed by atoms with Crippen LogP contribution in [0.5, 0.6) is 0 Å². The number of benzene rings is 1. The third kappa shape index (κ3) is 3.18. The molecule has 0 radical (unpaired) electrons. The van der Waals surface area contributed by atoms with Crippen molar-refractivity contribution in [2.75, 3.05) is 12.8 Å². The maximum absolute atomic E-state index is 13.6. The molecule has 0 aliphatic heterocycles. The molecule has 88 valence electrons. The van der Waals surface area contributed by atoms with Crippen molar-refractivity contribution in [2.45, 2.75) is 18.8 Å². The first-order valence-corrected chi connectivity index (χ1v) is 4.76. The van der Waals surface area contributed by atoms with Crippen LogP contribution < -0.4 is 5.73 Å². The Balaban J connectivity index is 2.73. The number of methoxy groups -OCH3 is 1. The molecule has 0 unspecified atom stereocenters. The van der Waals surface area contributed by atoms with E-state index < -0.39 is 18.3 Å². The van der Waals surface area contributed by atoms with Gasteiger partial charge in [0, 0.05) is 17.7 Å². The standard InChI is InChI=1S/C11H13F2NO2/c1-16-10(15)5-6-11(12,13)8-3-2-4-9(14)7-8/h2-4,7H,5-6,14H2,1H3. The van der Waals surface area contributed by atoms with Gasteiger partial charge >= 0.3 is 5.97 Å². The zero-order chi connectivity index (χ0) is 12.2. The fraction of sp³-hybridized carbons (Fsp3) is 0.364. The summed E-state index contributed by atoms with van der Waals surface area (Å²) in [5.41, 5.74) is 5.50. The van der Waals surface area contributed by atoms with E-state index in [9.17, 15) is 13.6 Å². The van der Waals surface area contributed by atoms with Gasteiger partial charge < -0.3 is 10.5 Å². The number of anilines is 1. The minimum atomic E-state index is -3.07. The average molecular weight is 229 g/mol. The van der Waals surface area contributed by atoms with Gasteiger partial charge in [0.15, 0.2) is 0 Å². The molecule has 0 bridgehead atoms. The van der Waals surface area contributed by atoms with Crippen molar-refractivity contribution in [1.29, 1.82) is 0 Å². The lowest BCUT2D eigenvalue weighted by Gasteiger charge is -2.16. The number of halogens is 2. The fourth-order valence-electron chi connectivity index (χ4n) is 1.27. The molecule has 0 aliphatic carbocycles. The Morgan fingerprint density at radius 1 is 1.50 bits per heavy atom. The van der Waals surface area contributed by atoms with E-state index in [1.165, 1.54) is 31.4 Å². The molecule has 0 heterocycles. The molecule has 0 atom stereocenters. The molecule has 16 heavy (non-hydrogen) atoms. The SMILES string of the molecule is COC(=O)CCC(F)(F)c1cccc(N)c1. The monoisotopic (exact) mass is 229 g/mol. The van der Waals surface area contributed by atoms with E-state index in [1.807, 2.05) is 0 Å². The molecule has 0 aliphatic rings. The lowest BCUT2D eigenvalue weighted by atomic mass is 10.0. The Morgan fingerprint density at radius 3 is 2.75 bits per heavy atom. The third-order valence-corrected chi connectivity index (χ3v) is 2.18. The van der Waals surface area contributed by atoms with Crippen LogP contribution in [-0.2, 0) is 15.5 Å². The molecule has 5 heteroatoms. The summed E-state index contributed by atoms with van der Waals surface area (Å²) >= 11 is 0. The van der Waals surface area contributed by atoms with Gasteiger partial charge in [0.1, 0.15) is 0 Å². The molecule has 0 fully saturated rings. The third-order valence-electron chi connectivity index (χ3n) is 2.18. The van der Waals surface area contributed by atoms with Crippen LogP contribution >= 0.6 is 0 Å². The van der Waals surface area contributed by atoms with Gasteiger partial charge in [-0.3, -0.25) is 4.79 Å². The van der Waals surface area contributed by atoms with Crippen molar-refractivity contribution in [3.63, 3.8) is 0 Å². The van der Waals surface area contributed by atoms with Crippen molar-refractivity contribution in [3.8, 4) is 0 Å². The number of ether oxygens (including phenoxy) is 1. The van der Waals surface area contributed by atoms with Gasteiger partial charge in [-0.25, -0.2) is 8.78 Å². The molecule has 0 aromatic heterocycles. The number of esters is 1. The van der Waals surface area contributed by atoms with Crippen LogP contribution in [0.3, 0.4) is 0 Å². The first kappa shape index (κ1) is 12.4. The Kier molecular flexibility index (Phi) is 3.82.